The van der Waals surface area contributed by atoms with Crippen molar-refractivity contribution >= 4 is 23.1 Å². The molecule has 1 aromatic heterocycles. The Hall–Kier alpha value is -3.11. The summed E-state index contributed by atoms with van der Waals surface area (Å²) in [5, 5.41) is 8.55. The molecule has 5 heteroatoms. The Morgan fingerprint density at radius 2 is 1.72 bits per heavy atom. The van der Waals surface area contributed by atoms with Crippen molar-refractivity contribution in [1.29, 1.82) is 0 Å². The number of aromatic nitrogens is 2. The predicted molar refractivity (Wildman–Crippen MR) is 116 cm³/mol. The van der Waals surface area contributed by atoms with E-state index >= 15 is 0 Å². The Balaban J connectivity index is 1.74. The van der Waals surface area contributed by atoms with Crippen molar-refractivity contribution in [3.63, 3.8) is 0 Å². The summed E-state index contributed by atoms with van der Waals surface area (Å²) in [4.78, 5) is 0. The minimum absolute atomic E-state index is 0.307. The standard InChI is InChI=1S/C24H19ClFN3/c1-14-22(24(29(2)28-14)27-21-10-6-5-9-20(21)26)19-13-17(25)12-16-11-15-7-3-4-8-18(15)23(16)19/h3-10,12-13,27H,11H2,1-2H3. The summed E-state index contributed by atoms with van der Waals surface area (Å²) >= 11 is 6.51. The molecule has 4 aromatic rings. The van der Waals surface area contributed by atoms with E-state index < -0.39 is 0 Å². The number of anilines is 2. The molecule has 5 rings (SSSR count). The number of hydrogen-bond acceptors (Lipinski definition) is 2. The molecule has 1 aliphatic carbocycles. The van der Waals surface area contributed by atoms with Gasteiger partial charge in [-0.25, -0.2) is 4.39 Å². The highest BCUT2D eigenvalue weighted by molar-refractivity contribution is 6.31. The first-order valence-electron chi connectivity index (χ1n) is 9.49. The molecule has 1 aliphatic rings. The van der Waals surface area contributed by atoms with Crippen LogP contribution in [0.3, 0.4) is 0 Å². The topological polar surface area (TPSA) is 29.9 Å². The van der Waals surface area contributed by atoms with Crippen molar-refractivity contribution in [2.24, 2.45) is 7.05 Å². The van der Waals surface area contributed by atoms with Gasteiger partial charge in [0.1, 0.15) is 11.6 Å². The minimum atomic E-state index is -0.307. The Morgan fingerprint density at radius 1 is 0.966 bits per heavy atom. The van der Waals surface area contributed by atoms with Crippen LogP contribution < -0.4 is 5.32 Å². The SMILES string of the molecule is Cc1nn(C)c(Nc2ccccc2F)c1-c1cc(Cl)cc2c1-c1ccccc1C2. The van der Waals surface area contributed by atoms with Gasteiger partial charge in [0, 0.05) is 17.6 Å². The molecule has 0 bridgehead atoms. The van der Waals surface area contributed by atoms with Gasteiger partial charge >= 0.3 is 0 Å². The molecule has 29 heavy (non-hydrogen) atoms. The first-order chi connectivity index (χ1) is 14.0. The molecule has 144 valence electrons. The summed E-state index contributed by atoms with van der Waals surface area (Å²) < 4.78 is 16.1. The van der Waals surface area contributed by atoms with Crippen LogP contribution in [0.4, 0.5) is 15.9 Å². The molecular formula is C24H19ClFN3. The van der Waals surface area contributed by atoms with Crippen molar-refractivity contribution in [3.8, 4) is 22.3 Å². The van der Waals surface area contributed by atoms with Gasteiger partial charge in [-0.05, 0) is 65.4 Å². The van der Waals surface area contributed by atoms with Crippen LogP contribution in [0.5, 0.6) is 0 Å². The van der Waals surface area contributed by atoms with E-state index in [0.29, 0.717) is 10.7 Å². The summed E-state index contributed by atoms with van der Waals surface area (Å²) in [6.45, 7) is 1.97. The number of benzene rings is 3. The number of aryl methyl sites for hydroxylation is 2. The van der Waals surface area contributed by atoms with Gasteiger partial charge in [0.25, 0.3) is 0 Å². The van der Waals surface area contributed by atoms with Crippen LogP contribution in [-0.2, 0) is 13.5 Å². The van der Waals surface area contributed by atoms with Gasteiger partial charge in [0.2, 0.25) is 0 Å². The predicted octanol–water partition coefficient (Wildman–Crippen LogP) is 6.50. The van der Waals surface area contributed by atoms with Gasteiger partial charge < -0.3 is 5.32 Å². The molecule has 0 amide bonds. The zero-order valence-corrected chi connectivity index (χ0v) is 16.9. The summed E-state index contributed by atoms with van der Waals surface area (Å²) in [6.07, 6.45) is 0.856. The molecule has 0 spiro atoms. The normalized spacial score (nSPS) is 12.0. The van der Waals surface area contributed by atoms with E-state index in [2.05, 4.69) is 34.7 Å². The average Bonchev–Trinajstić information content (AvgIpc) is 3.19. The minimum Gasteiger partial charge on any atom is -0.338 e. The molecular weight excluding hydrogens is 385 g/mol. The molecule has 0 saturated carbocycles. The Morgan fingerprint density at radius 3 is 2.55 bits per heavy atom. The van der Waals surface area contributed by atoms with Crippen molar-refractivity contribution in [2.75, 3.05) is 5.32 Å². The van der Waals surface area contributed by atoms with E-state index in [-0.39, 0.29) is 5.82 Å². The number of nitrogens with one attached hydrogen (secondary N) is 1. The second-order valence-corrected chi connectivity index (χ2v) is 7.80. The lowest BCUT2D eigenvalue weighted by Gasteiger charge is -2.15. The van der Waals surface area contributed by atoms with Gasteiger partial charge in [-0.3, -0.25) is 4.68 Å². The van der Waals surface area contributed by atoms with Crippen LogP contribution in [0.25, 0.3) is 22.3 Å². The molecule has 1 heterocycles. The summed E-state index contributed by atoms with van der Waals surface area (Å²) in [5.74, 6) is 0.431. The lowest BCUT2D eigenvalue weighted by atomic mass is 9.94. The molecule has 3 aromatic carbocycles. The van der Waals surface area contributed by atoms with Crippen LogP contribution in [0.1, 0.15) is 16.8 Å². The van der Waals surface area contributed by atoms with Crippen molar-refractivity contribution in [1.82, 2.24) is 9.78 Å². The molecule has 1 N–H and O–H groups in total. The maximum absolute atomic E-state index is 14.3. The first kappa shape index (κ1) is 18.0. The highest BCUT2D eigenvalue weighted by atomic mass is 35.5. The lowest BCUT2D eigenvalue weighted by Crippen LogP contribution is -2.02. The number of fused-ring (bicyclic) bond motifs is 3. The number of halogens is 2. The monoisotopic (exact) mass is 403 g/mol. The Labute approximate surface area is 173 Å². The molecule has 0 saturated heterocycles. The fourth-order valence-electron chi connectivity index (χ4n) is 4.26. The third-order valence-electron chi connectivity index (χ3n) is 5.47. The third-order valence-corrected chi connectivity index (χ3v) is 5.69. The zero-order chi connectivity index (χ0) is 20.1. The van der Waals surface area contributed by atoms with Crippen molar-refractivity contribution in [2.45, 2.75) is 13.3 Å². The highest BCUT2D eigenvalue weighted by Gasteiger charge is 2.26. The van der Waals surface area contributed by atoms with Crippen molar-refractivity contribution < 1.29 is 4.39 Å². The molecule has 0 unspecified atom stereocenters. The maximum atomic E-state index is 14.3. The molecule has 0 fully saturated rings. The third kappa shape index (κ3) is 2.91. The van der Waals surface area contributed by atoms with Gasteiger partial charge in [0.15, 0.2) is 0 Å². The van der Waals surface area contributed by atoms with Crippen LogP contribution in [0.15, 0.2) is 60.7 Å². The number of nitrogens with zero attached hydrogens (tertiary/aromatic N) is 2. The largest absolute Gasteiger partial charge is 0.338 e. The fraction of sp³-hybridized carbons (Fsp3) is 0.125. The van der Waals surface area contributed by atoms with E-state index in [1.165, 1.54) is 28.3 Å². The molecule has 0 aliphatic heterocycles. The van der Waals surface area contributed by atoms with Gasteiger partial charge in [-0.2, -0.15) is 5.10 Å². The van der Waals surface area contributed by atoms with Crippen LogP contribution in [0.2, 0.25) is 5.02 Å². The van der Waals surface area contributed by atoms with Crippen LogP contribution >= 0.6 is 11.6 Å². The van der Waals surface area contributed by atoms with E-state index in [9.17, 15) is 4.39 Å². The molecule has 0 atom stereocenters. The lowest BCUT2D eigenvalue weighted by molar-refractivity contribution is 0.631. The number of hydrogen-bond donors (Lipinski definition) is 1. The van der Waals surface area contributed by atoms with E-state index in [1.54, 1.807) is 16.8 Å². The Bertz CT molecular complexity index is 1260. The van der Waals surface area contributed by atoms with E-state index in [1.807, 2.05) is 32.2 Å². The average molecular weight is 404 g/mol. The van der Waals surface area contributed by atoms with E-state index in [0.717, 1.165) is 29.1 Å². The number of para-hydroxylation sites is 1. The molecule has 3 nitrogen and oxygen atoms in total. The first-order valence-corrected chi connectivity index (χ1v) is 9.87. The summed E-state index contributed by atoms with van der Waals surface area (Å²) in [6, 6.07) is 19.1. The van der Waals surface area contributed by atoms with Crippen molar-refractivity contribution in [3.05, 3.63) is 88.3 Å². The zero-order valence-electron chi connectivity index (χ0n) is 16.1. The Kier molecular flexibility index (Phi) is 4.18. The van der Waals surface area contributed by atoms with Gasteiger partial charge in [0.05, 0.1) is 11.4 Å². The van der Waals surface area contributed by atoms with Crippen LogP contribution in [0, 0.1) is 12.7 Å². The van der Waals surface area contributed by atoms with Crippen LogP contribution in [-0.4, -0.2) is 9.78 Å². The van der Waals surface area contributed by atoms with E-state index in [4.69, 9.17) is 11.6 Å². The maximum Gasteiger partial charge on any atom is 0.146 e. The second-order valence-electron chi connectivity index (χ2n) is 7.36. The fourth-order valence-corrected chi connectivity index (χ4v) is 4.50. The quantitative estimate of drug-likeness (QED) is 0.372. The molecule has 0 radical (unpaired) electrons. The highest BCUT2D eigenvalue weighted by Crippen LogP contribution is 2.47. The second kappa shape index (κ2) is 6.75. The van der Waals surface area contributed by atoms with Gasteiger partial charge in [-0.15, -0.1) is 0 Å². The van der Waals surface area contributed by atoms with Gasteiger partial charge in [-0.1, -0.05) is 48.0 Å². The smallest absolute Gasteiger partial charge is 0.146 e. The summed E-state index contributed by atoms with van der Waals surface area (Å²) in [5.41, 5.74) is 8.11. The summed E-state index contributed by atoms with van der Waals surface area (Å²) in [7, 11) is 1.86. The number of rotatable bonds is 3.